The summed E-state index contributed by atoms with van der Waals surface area (Å²) < 4.78 is 0. The van der Waals surface area contributed by atoms with Crippen LogP contribution in [-0.2, 0) is 4.79 Å². The van der Waals surface area contributed by atoms with E-state index in [0.717, 1.165) is 6.08 Å². The Balaban J connectivity index is 3.01. The Labute approximate surface area is 57.3 Å². The molecule has 4 heteroatoms. The van der Waals surface area contributed by atoms with Crippen LogP contribution in [0.5, 0.6) is 0 Å². The quantitative estimate of drug-likeness (QED) is 0.447. The third kappa shape index (κ3) is 0.953. The first-order valence-corrected chi connectivity index (χ1v) is 2.72. The zero-order valence-electron chi connectivity index (χ0n) is 5.16. The molecule has 0 unspecified atom stereocenters. The molecule has 0 fully saturated rings. The van der Waals surface area contributed by atoms with Crippen molar-refractivity contribution in [2.75, 3.05) is 0 Å². The lowest BCUT2D eigenvalue weighted by atomic mass is 10.1. The lowest BCUT2D eigenvalue weighted by molar-refractivity contribution is -0.114. The molecule has 10 heavy (non-hydrogen) atoms. The number of rotatable bonds is 0. The van der Waals surface area contributed by atoms with E-state index < -0.39 is 0 Å². The third-order valence-electron chi connectivity index (χ3n) is 1.20. The van der Waals surface area contributed by atoms with E-state index in [-0.39, 0.29) is 29.4 Å². The van der Waals surface area contributed by atoms with Gasteiger partial charge in [0.15, 0.2) is 11.5 Å². The second kappa shape index (κ2) is 2.06. The van der Waals surface area contributed by atoms with Crippen LogP contribution in [0.3, 0.4) is 0 Å². The first-order chi connectivity index (χ1) is 4.61. The van der Waals surface area contributed by atoms with Crippen LogP contribution in [0, 0.1) is 0 Å². The molecule has 1 aliphatic carbocycles. The van der Waals surface area contributed by atoms with Crippen molar-refractivity contribution in [3.63, 3.8) is 0 Å². The smallest absolute Gasteiger partial charge is 0.177 e. The molecule has 0 aromatic rings. The van der Waals surface area contributed by atoms with Crippen LogP contribution in [0.1, 0.15) is 6.42 Å². The molecule has 0 amide bonds. The summed E-state index contributed by atoms with van der Waals surface area (Å²) in [7, 11) is 0. The van der Waals surface area contributed by atoms with Gasteiger partial charge >= 0.3 is 0 Å². The van der Waals surface area contributed by atoms with Crippen molar-refractivity contribution < 1.29 is 15.0 Å². The zero-order chi connectivity index (χ0) is 7.72. The second-order valence-electron chi connectivity index (χ2n) is 2.04. The first-order valence-electron chi connectivity index (χ1n) is 2.72. The first kappa shape index (κ1) is 6.67. The Kier molecular flexibility index (Phi) is 1.37. The standard InChI is InChI=1S/C6H7NO3/c7-4-1-3(8)2-5(9)6(4)10/h1,9-10H,2,7H2. The average molecular weight is 141 g/mol. The number of nitrogens with two attached hydrogens (primary N) is 1. The van der Waals surface area contributed by atoms with Crippen molar-refractivity contribution in [3.05, 3.63) is 23.3 Å². The molecular formula is C6H7NO3. The lowest BCUT2D eigenvalue weighted by Crippen LogP contribution is -2.13. The fraction of sp³-hybridized carbons (Fsp3) is 0.167. The van der Waals surface area contributed by atoms with Gasteiger partial charge in [-0.1, -0.05) is 0 Å². The summed E-state index contributed by atoms with van der Waals surface area (Å²) in [4.78, 5) is 10.6. The van der Waals surface area contributed by atoms with E-state index in [9.17, 15) is 4.79 Å². The van der Waals surface area contributed by atoms with Gasteiger partial charge in [0.2, 0.25) is 0 Å². The van der Waals surface area contributed by atoms with E-state index in [2.05, 4.69) is 0 Å². The summed E-state index contributed by atoms with van der Waals surface area (Å²) in [6, 6.07) is 0. The SMILES string of the molecule is NC1=CC(=O)CC(O)=C1O. The topological polar surface area (TPSA) is 83.6 Å². The molecule has 0 aromatic heterocycles. The van der Waals surface area contributed by atoms with Crippen molar-refractivity contribution in [3.8, 4) is 0 Å². The highest BCUT2D eigenvalue weighted by Crippen LogP contribution is 2.14. The van der Waals surface area contributed by atoms with Gasteiger partial charge in [0.05, 0.1) is 12.1 Å². The number of hydrogen-bond donors (Lipinski definition) is 3. The number of aliphatic hydroxyl groups is 2. The van der Waals surface area contributed by atoms with Crippen LogP contribution in [-0.4, -0.2) is 16.0 Å². The highest BCUT2D eigenvalue weighted by Gasteiger charge is 2.16. The van der Waals surface area contributed by atoms with Gasteiger partial charge in [-0.25, -0.2) is 0 Å². The van der Waals surface area contributed by atoms with E-state index in [4.69, 9.17) is 15.9 Å². The highest BCUT2D eigenvalue weighted by molar-refractivity contribution is 5.93. The number of carbonyl (C=O) groups excluding carboxylic acids is 1. The minimum atomic E-state index is -0.389. The highest BCUT2D eigenvalue weighted by atomic mass is 16.3. The van der Waals surface area contributed by atoms with Crippen LogP contribution in [0.25, 0.3) is 0 Å². The van der Waals surface area contributed by atoms with Gasteiger partial charge in [0.25, 0.3) is 0 Å². The predicted octanol–water partition coefficient (Wildman–Crippen LogP) is 0.129. The van der Waals surface area contributed by atoms with Gasteiger partial charge in [-0.3, -0.25) is 4.79 Å². The van der Waals surface area contributed by atoms with E-state index >= 15 is 0 Å². The van der Waals surface area contributed by atoms with Gasteiger partial charge in [0, 0.05) is 6.08 Å². The molecule has 1 aliphatic rings. The number of hydrogen-bond acceptors (Lipinski definition) is 4. The molecule has 0 spiro atoms. The number of ketones is 1. The Morgan fingerprint density at radius 2 is 2.10 bits per heavy atom. The number of carbonyl (C=O) groups is 1. The maximum Gasteiger partial charge on any atom is 0.177 e. The van der Waals surface area contributed by atoms with Crippen molar-refractivity contribution in [2.24, 2.45) is 5.73 Å². The minimum Gasteiger partial charge on any atom is -0.508 e. The number of aliphatic hydroxyl groups excluding tert-OH is 2. The monoisotopic (exact) mass is 141 g/mol. The second-order valence-corrected chi connectivity index (χ2v) is 2.04. The van der Waals surface area contributed by atoms with Crippen LogP contribution in [0.4, 0.5) is 0 Å². The van der Waals surface area contributed by atoms with Crippen molar-refractivity contribution in [1.29, 1.82) is 0 Å². The molecule has 0 atom stereocenters. The van der Waals surface area contributed by atoms with E-state index in [1.165, 1.54) is 0 Å². The molecule has 0 aromatic carbocycles. The lowest BCUT2D eigenvalue weighted by Gasteiger charge is -2.07. The van der Waals surface area contributed by atoms with Crippen LogP contribution in [0.15, 0.2) is 23.3 Å². The average Bonchev–Trinajstić information content (AvgIpc) is 1.82. The van der Waals surface area contributed by atoms with Gasteiger partial charge < -0.3 is 15.9 Å². The predicted molar refractivity (Wildman–Crippen MR) is 34.2 cm³/mol. The third-order valence-corrected chi connectivity index (χ3v) is 1.20. The van der Waals surface area contributed by atoms with Crippen molar-refractivity contribution in [1.82, 2.24) is 0 Å². The molecular weight excluding hydrogens is 134 g/mol. The Hall–Kier alpha value is -1.45. The van der Waals surface area contributed by atoms with Gasteiger partial charge in [-0.2, -0.15) is 0 Å². The fourth-order valence-corrected chi connectivity index (χ4v) is 0.708. The van der Waals surface area contributed by atoms with Crippen LogP contribution < -0.4 is 5.73 Å². The normalized spacial score (nSPS) is 19.2. The Morgan fingerprint density at radius 3 is 2.60 bits per heavy atom. The largest absolute Gasteiger partial charge is 0.508 e. The molecule has 4 nitrogen and oxygen atoms in total. The van der Waals surface area contributed by atoms with Gasteiger partial charge in [-0.15, -0.1) is 0 Å². The van der Waals surface area contributed by atoms with Gasteiger partial charge in [-0.05, 0) is 0 Å². The maximum atomic E-state index is 10.6. The Bertz CT molecular complexity index is 234. The van der Waals surface area contributed by atoms with Crippen LogP contribution >= 0.6 is 0 Å². The maximum absolute atomic E-state index is 10.6. The summed E-state index contributed by atoms with van der Waals surface area (Å²) in [5.41, 5.74) is 5.06. The summed E-state index contributed by atoms with van der Waals surface area (Å²) in [6.07, 6.45) is 0.932. The van der Waals surface area contributed by atoms with E-state index in [1.54, 1.807) is 0 Å². The summed E-state index contributed by atoms with van der Waals surface area (Å²) in [5, 5.41) is 17.7. The molecule has 54 valence electrons. The van der Waals surface area contributed by atoms with Crippen LogP contribution in [0.2, 0.25) is 0 Å². The molecule has 4 N–H and O–H groups in total. The van der Waals surface area contributed by atoms with E-state index in [1.807, 2.05) is 0 Å². The summed E-state index contributed by atoms with van der Waals surface area (Å²) in [6.45, 7) is 0. The van der Waals surface area contributed by atoms with Crippen molar-refractivity contribution in [2.45, 2.75) is 6.42 Å². The molecule has 0 aliphatic heterocycles. The molecule has 1 rings (SSSR count). The summed E-state index contributed by atoms with van der Waals surface area (Å²) >= 11 is 0. The Morgan fingerprint density at radius 1 is 1.50 bits per heavy atom. The molecule has 0 bridgehead atoms. The molecule has 0 heterocycles. The zero-order valence-corrected chi connectivity index (χ0v) is 5.16. The fourth-order valence-electron chi connectivity index (χ4n) is 0.708. The van der Waals surface area contributed by atoms with Crippen molar-refractivity contribution >= 4 is 5.78 Å². The van der Waals surface area contributed by atoms with E-state index in [0.29, 0.717) is 0 Å². The van der Waals surface area contributed by atoms with Gasteiger partial charge in [0.1, 0.15) is 5.76 Å². The molecule has 0 radical (unpaired) electrons. The molecule has 0 saturated heterocycles. The summed E-state index contributed by atoms with van der Waals surface area (Å²) in [5.74, 6) is -1.04. The number of allylic oxidation sites excluding steroid dienone is 2. The minimum absolute atomic E-state index is 0.0752. The molecule has 0 saturated carbocycles.